The van der Waals surface area contributed by atoms with E-state index in [1.807, 2.05) is 13.0 Å². The van der Waals surface area contributed by atoms with Crippen LogP contribution < -0.4 is 5.32 Å². The summed E-state index contributed by atoms with van der Waals surface area (Å²) in [7, 11) is 0. The number of benzene rings is 2. The molecule has 0 heterocycles. The molecule has 18 heavy (non-hydrogen) atoms. The smallest absolute Gasteiger partial charge is 0.0660 e. The van der Waals surface area contributed by atoms with Crippen molar-refractivity contribution in [3.05, 3.63) is 60.2 Å². The van der Waals surface area contributed by atoms with E-state index in [1.54, 1.807) is 0 Å². The number of hydrogen-bond acceptors (Lipinski definition) is 1. The molecule has 1 N–H and O–H groups in total. The molecule has 1 atom stereocenters. The van der Waals surface area contributed by atoms with E-state index in [2.05, 4.69) is 59.8 Å². The Morgan fingerprint density at radius 2 is 1.61 bits per heavy atom. The Labute approximate surface area is 109 Å². The van der Waals surface area contributed by atoms with Crippen LogP contribution in [-0.4, -0.2) is 6.04 Å². The topological polar surface area (TPSA) is 12.0 Å². The summed E-state index contributed by atoms with van der Waals surface area (Å²) < 4.78 is 0. The van der Waals surface area contributed by atoms with Gasteiger partial charge in [0, 0.05) is 6.54 Å². The second-order valence-electron chi connectivity index (χ2n) is 4.33. The molecule has 0 saturated carbocycles. The number of nitrogens with one attached hydrogen (secondary N) is 1. The van der Waals surface area contributed by atoms with Crippen molar-refractivity contribution in [3.63, 3.8) is 0 Å². The van der Waals surface area contributed by atoms with Crippen LogP contribution in [0.25, 0.3) is 11.1 Å². The summed E-state index contributed by atoms with van der Waals surface area (Å²) in [4.78, 5) is 0. The van der Waals surface area contributed by atoms with Gasteiger partial charge in [0.05, 0.1) is 6.04 Å². The van der Waals surface area contributed by atoms with Crippen molar-refractivity contribution in [3.8, 4) is 23.5 Å². The molecular formula is C17H17N. The molecule has 0 saturated heterocycles. The average molecular weight is 235 g/mol. The maximum absolute atomic E-state index is 5.32. The first-order valence-corrected chi connectivity index (χ1v) is 6.13. The molecule has 90 valence electrons. The highest BCUT2D eigenvalue weighted by Gasteiger charge is 1.99. The zero-order valence-electron chi connectivity index (χ0n) is 10.6. The van der Waals surface area contributed by atoms with Crippen LogP contribution in [0.15, 0.2) is 54.6 Å². The van der Waals surface area contributed by atoms with Crippen LogP contribution in [0.2, 0.25) is 0 Å². The molecule has 0 amide bonds. The predicted molar refractivity (Wildman–Crippen MR) is 77.0 cm³/mol. The van der Waals surface area contributed by atoms with E-state index >= 15 is 0 Å². The Morgan fingerprint density at radius 3 is 2.22 bits per heavy atom. The van der Waals surface area contributed by atoms with Crippen LogP contribution in [0.4, 0.5) is 0 Å². The fourth-order valence-electron chi connectivity index (χ4n) is 1.78. The molecule has 1 unspecified atom stereocenters. The summed E-state index contributed by atoms with van der Waals surface area (Å²) in [6.07, 6.45) is 5.32. The summed E-state index contributed by atoms with van der Waals surface area (Å²) >= 11 is 0. The van der Waals surface area contributed by atoms with Gasteiger partial charge in [-0.15, -0.1) is 6.42 Å². The van der Waals surface area contributed by atoms with Crippen LogP contribution in [0.1, 0.15) is 12.5 Å². The third-order valence-corrected chi connectivity index (χ3v) is 2.92. The van der Waals surface area contributed by atoms with Gasteiger partial charge in [-0.3, -0.25) is 5.32 Å². The van der Waals surface area contributed by atoms with Crippen LogP contribution >= 0.6 is 0 Å². The first-order chi connectivity index (χ1) is 8.79. The summed E-state index contributed by atoms with van der Waals surface area (Å²) in [5, 5.41) is 3.27. The molecule has 1 heteroatoms. The normalized spacial score (nSPS) is 11.8. The SMILES string of the molecule is C#CC(C)NCc1ccc(-c2ccccc2)cc1. The van der Waals surface area contributed by atoms with Crippen molar-refractivity contribution in [2.75, 3.05) is 0 Å². The van der Waals surface area contributed by atoms with Gasteiger partial charge in [-0.25, -0.2) is 0 Å². The zero-order valence-corrected chi connectivity index (χ0v) is 10.6. The quantitative estimate of drug-likeness (QED) is 0.800. The Balaban J connectivity index is 2.05. The van der Waals surface area contributed by atoms with Gasteiger partial charge in [-0.2, -0.15) is 0 Å². The minimum Gasteiger partial charge on any atom is -0.300 e. The van der Waals surface area contributed by atoms with Gasteiger partial charge in [0.2, 0.25) is 0 Å². The molecule has 0 radical (unpaired) electrons. The lowest BCUT2D eigenvalue weighted by atomic mass is 10.0. The number of hydrogen-bond donors (Lipinski definition) is 1. The molecule has 1 nitrogen and oxygen atoms in total. The highest BCUT2D eigenvalue weighted by atomic mass is 14.9. The maximum atomic E-state index is 5.32. The van der Waals surface area contributed by atoms with Gasteiger partial charge in [0.15, 0.2) is 0 Å². The van der Waals surface area contributed by atoms with E-state index < -0.39 is 0 Å². The van der Waals surface area contributed by atoms with Gasteiger partial charge in [-0.1, -0.05) is 60.5 Å². The van der Waals surface area contributed by atoms with Crippen molar-refractivity contribution in [1.82, 2.24) is 5.32 Å². The molecular weight excluding hydrogens is 218 g/mol. The molecule has 0 bridgehead atoms. The Morgan fingerprint density at radius 1 is 1.00 bits per heavy atom. The van der Waals surface area contributed by atoms with Gasteiger partial charge in [-0.05, 0) is 23.6 Å². The Hall–Kier alpha value is -2.04. The Kier molecular flexibility index (Phi) is 4.17. The third kappa shape index (κ3) is 3.23. The van der Waals surface area contributed by atoms with Gasteiger partial charge >= 0.3 is 0 Å². The van der Waals surface area contributed by atoms with E-state index in [4.69, 9.17) is 6.42 Å². The van der Waals surface area contributed by atoms with Crippen molar-refractivity contribution in [2.45, 2.75) is 19.5 Å². The lowest BCUT2D eigenvalue weighted by Crippen LogP contribution is -2.23. The van der Waals surface area contributed by atoms with E-state index in [9.17, 15) is 0 Å². The molecule has 0 aliphatic carbocycles. The third-order valence-electron chi connectivity index (χ3n) is 2.92. The van der Waals surface area contributed by atoms with Gasteiger partial charge < -0.3 is 0 Å². The molecule has 0 fully saturated rings. The van der Waals surface area contributed by atoms with Crippen molar-refractivity contribution in [2.24, 2.45) is 0 Å². The van der Waals surface area contributed by atoms with E-state index in [0.717, 1.165) is 6.54 Å². The van der Waals surface area contributed by atoms with Crippen LogP contribution in [0.5, 0.6) is 0 Å². The minimum absolute atomic E-state index is 0.110. The first-order valence-electron chi connectivity index (χ1n) is 6.13. The maximum Gasteiger partial charge on any atom is 0.0660 e. The van der Waals surface area contributed by atoms with Crippen LogP contribution in [0, 0.1) is 12.3 Å². The fraction of sp³-hybridized carbons (Fsp3) is 0.176. The molecule has 0 aromatic heterocycles. The lowest BCUT2D eigenvalue weighted by Gasteiger charge is -2.08. The van der Waals surface area contributed by atoms with Crippen LogP contribution in [0.3, 0.4) is 0 Å². The van der Waals surface area contributed by atoms with Gasteiger partial charge in [0.25, 0.3) is 0 Å². The average Bonchev–Trinajstić information content (AvgIpc) is 2.46. The number of rotatable bonds is 4. The summed E-state index contributed by atoms with van der Waals surface area (Å²) in [6.45, 7) is 2.79. The van der Waals surface area contributed by atoms with E-state index in [-0.39, 0.29) is 6.04 Å². The first kappa shape index (κ1) is 12.4. The second kappa shape index (κ2) is 6.05. The number of terminal acetylenes is 1. The van der Waals surface area contributed by atoms with E-state index in [0.29, 0.717) is 0 Å². The molecule has 2 aromatic rings. The summed E-state index contributed by atoms with van der Waals surface area (Å²) in [5.74, 6) is 2.66. The largest absolute Gasteiger partial charge is 0.300 e. The van der Waals surface area contributed by atoms with Crippen molar-refractivity contribution < 1.29 is 0 Å². The minimum atomic E-state index is 0.110. The van der Waals surface area contributed by atoms with Crippen molar-refractivity contribution >= 4 is 0 Å². The van der Waals surface area contributed by atoms with Crippen LogP contribution in [-0.2, 0) is 6.54 Å². The molecule has 2 rings (SSSR count). The second-order valence-corrected chi connectivity index (χ2v) is 4.33. The fourth-order valence-corrected chi connectivity index (χ4v) is 1.78. The van der Waals surface area contributed by atoms with Gasteiger partial charge in [0.1, 0.15) is 0 Å². The molecule has 0 aliphatic rings. The zero-order chi connectivity index (χ0) is 12.8. The predicted octanol–water partition coefficient (Wildman–Crippen LogP) is 3.46. The highest BCUT2D eigenvalue weighted by Crippen LogP contribution is 2.19. The standard InChI is InChI=1S/C17H17N/c1-3-14(2)18-13-15-9-11-17(12-10-15)16-7-5-4-6-8-16/h1,4-12,14,18H,13H2,2H3. The summed E-state index contributed by atoms with van der Waals surface area (Å²) in [5.41, 5.74) is 3.73. The van der Waals surface area contributed by atoms with Crippen molar-refractivity contribution in [1.29, 1.82) is 0 Å². The summed E-state index contributed by atoms with van der Waals surface area (Å²) in [6, 6.07) is 19.1. The molecule has 0 aliphatic heterocycles. The Bertz CT molecular complexity index is 520. The monoisotopic (exact) mass is 235 g/mol. The molecule has 0 spiro atoms. The molecule has 2 aromatic carbocycles. The lowest BCUT2D eigenvalue weighted by molar-refractivity contribution is 0.648. The van der Waals surface area contributed by atoms with E-state index in [1.165, 1.54) is 16.7 Å². The highest BCUT2D eigenvalue weighted by molar-refractivity contribution is 5.63.